The zero-order chi connectivity index (χ0) is 20.4. The number of benzene rings is 1. The Morgan fingerprint density at radius 1 is 1.21 bits per heavy atom. The van der Waals surface area contributed by atoms with E-state index in [1.807, 2.05) is 24.3 Å². The maximum Gasteiger partial charge on any atom is 0.268 e. The van der Waals surface area contributed by atoms with E-state index in [-0.39, 0.29) is 24.4 Å². The molecule has 0 bridgehead atoms. The van der Waals surface area contributed by atoms with Crippen molar-refractivity contribution in [2.75, 3.05) is 11.4 Å². The second kappa shape index (κ2) is 8.57. The molecule has 29 heavy (non-hydrogen) atoms. The molecule has 1 aliphatic heterocycles. The molecule has 1 aromatic heterocycles. The minimum Gasteiger partial charge on any atom is -0.477 e. The zero-order valence-corrected chi connectivity index (χ0v) is 17.9. The number of nitrogens with one attached hydrogen (secondary N) is 1. The topological polar surface area (TPSA) is 58.6 Å². The Morgan fingerprint density at radius 3 is 2.72 bits per heavy atom. The third-order valence-corrected chi connectivity index (χ3v) is 7.08. The highest BCUT2D eigenvalue weighted by atomic mass is 32.1. The SMILES string of the molecule is CCC(CC)NC(=O)C1CN(C(=O)c2cc3c(s2)CCCC3)c2ccccc2O1. The van der Waals surface area contributed by atoms with Gasteiger partial charge in [0.1, 0.15) is 5.75 Å². The number of hydrogen-bond donors (Lipinski definition) is 1. The highest BCUT2D eigenvalue weighted by Crippen LogP contribution is 2.36. The number of amides is 2. The largest absolute Gasteiger partial charge is 0.477 e. The molecule has 2 amide bonds. The molecule has 5 nitrogen and oxygen atoms in total. The Balaban J connectivity index is 1.60. The first-order valence-corrected chi connectivity index (χ1v) is 11.4. The fourth-order valence-electron chi connectivity index (χ4n) is 4.08. The number of fused-ring (bicyclic) bond motifs is 2. The summed E-state index contributed by atoms with van der Waals surface area (Å²) >= 11 is 1.61. The first-order valence-electron chi connectivity index (χ1n) is 10.6. The van der Waals surface area contributed by atoms with Gasteiger partial charge >= 0.3 is 0 Å². The number of anilines is 1. The molecule has 1 atom stereocenters. The Morgan fingerprint density at radius 2 is 1.97 bits per heavy atom. The Hall–Kier alpha value is -2.34. The monoisotopic (exact) mass is 412 g/mol. The molecule has 6 heteroatoms. The van der Waals surface area contributed by atoms with Gasteiger partial charge in [0, 0.05) is 10.9 Å². The van der Waals surface area contributed by atoms with E-state index < -0.39 is 6.10 Å². The summed E-state index contributed by atoms with van der Waals surface area (Å²) in [7, 11) is 0. The van der Waals surface area contributed by atoms with Gasteiger partial charge in [-0.15, -0.1) is 11.3 Å². The predicted octanol–water partition coefficient (Wildman–Crippen LogP) is 4.34. The molecule has 0 saturated carbocycles. The standard InChI is InChI=1S/C23H28N2O3S/c1-3-16(4-2)24-22(26)19-14-25(17-10-6-7-11-18(17)28-19)23(27)21-13-15-9-5-8-12-20(15)29-21/h6-7,10-11,13,16,19H,3-5,8-9,12,14H2,1-2H3,(H,24,26). The third kappa shape index (κ3) is 4.04. The van der Waals surface area contributed by atoms with Crippen LogP contribution in [0.25, 0.3) is 0 Å². The van der Waals surface area contributed by atoms with Crippen LogP contribution in [0, 0.1) is 0 Å². The van der Waals surface area contributed by atoms with Crippen LogP contribution >= 0.6 is 11.3 Å². The number of ether oxygens (including phenoxy) is 1. The van der Waals surface area contributed by atoms with E-state index in [0.717, 1.165) is 36.2 Å². The number of rotatable bonds is 5. The molecule has 1 N–H and O–H groups in total. The number of hydrogen-bond acceptors (Lipinski definition) is 4. The van der Waals surface area contributed by atoms with Gasteiger partial charge in [-0.25, -0.2) is 0 Å². The van der Waals surface area contributed by atoms with E-state index in [1.54, 1.807) is 16.2 Å². The number of carbonyl (C=O) groups excluding carboxylic acids is 2. The lowest BCUT2D eigenvalue weighted by Crippen LogP contribution is -2.52. The van der Waals surface area contributed by atoms with Gasteiger partial charge in [0.2, 0.25) is 0 Å². The van der Waals surface area contributed by atoms with E-state index >= 15 is 0 Å². The van der Waals surface area contributed by atoms with Crippen LogP contribution in [0.2, 0.25) is 0 Å². The Bertz CT molecular complexity index is 880. The summed E-state index contributed by atoms with van der Waals surface area (Å²) in [5.41, 5.74) is 2.05. The van der Waals surface area contributed by atoms with Crippen molar-refractivity contribution in [2.24, 2.45) is 0 Å². The van der Waals surface area contributed by atoms with Gasteiger partial charge in [-0.05, 0) is 62.3 Å². The summed E-state index contributed by atoms with van der Waals surface area (Å²) in [6.45, 7) is 4.34. The van der Waals surface area contributed by atoms with Gasteiger partial charge in [0.05, 0.1) is 17.1 Å². The van der Waals surface area contributed by atoms with Crippen LogP contribution in [-0.2, 0) is 17.6 Å². The predicted molar refractivity (Wildman–Crippen MR) is 116 cm³/mol. The molecule has 2 aromatic rings. The Labute approximate surface area is 176 Å². The number of carbonyl (C=O) groups is 2. The number of aryl methyl sites for hydroxylation is 2. The molecule has 154 valence electrons. The van der Waals surface area contributed by atoms with Gasteiger partial charge in [-0.1, -0.05) is 26.0 Å². The molecule has 0 fully saturated rings. The lowest BCUT2D eigenvalue weighted by molar-refractivity contribution is -0.128. The normalized spacial score (nSPS) is 18.0. The van der Waals surface area contributed by atoms with Crippen LogP contribution in [0.4, 0.5) is 5.69 Å². The van der Waals surface area contributed by atoms with Gasteiger partial charge in [-0.2, -0.15) is 0 Å². The van der Waals surface area contributed by atoms with E-state index in [4.69, 9.17) is 4.74 Å². The molecule has 1 aliphatic carbocycles. The molecule has 1 unspecified atom stereocenters. The summed E-state index contributed by atoms with van der Waals surface area (Å²) in [5, 5.41) is 3.06. The van der Waals surface area contributed by atoms with Crippen molar-refractivity contribution in [3.8, 4) is 5.75 Å². The number of para-hydroxylation sites is 2. The second-order valence-electron chi connectivity index (χ2n) is 7.78. The summed E-state index contributed by atoms with van der Waals surface area (Å²) in [4.78, 5) is 30.1. The van der Waals surface area contributed by atoms with E-state index in [1.165, 1.54) is 23.3 Å². The maximum absolute atomic E-state index is 13.4. The first-order chi connectivity index (χ1) is 14.1. The quantitative estimate of drug-likeness (QED) is 0.795. The summed E-state index contributed by atoms with van der Waals surface area (Å²) in [5.74, 6) is 0.384. The van der Waals surface area contributed by atoms with Crippen LogP contribution in [-0.4, -0.2) is 30.5 Å². The fraction of sp³-hybridized carbons (Fsp3) is 0.478. The highest BCUT2D eigenvalue weighted by molar-refractivity contribution is 7.14. The molecular weight excluding hydrogens is 384 g/mol. The minimum absolute atomic E-state index is 0.0412. The third-order valence-electron chi connectivity index (χ3n) is 5.85. The lowest BCUT2D eigenvalue weighted by atomic mass is 9.99. The second-order valence-corrected chi connectivity index (χ2v) is 8.91. The minimum atomic E-state index is -0.705. The molecule has 2 aliphatic rings. The van der Waals surface area contributed by atoms with Crippen molar-refractivity contribution in [3.05, 3.63) is 45.6 Å². The molecule has 0 radical (unpaired) electrons. The molecule has 1 aromatic carbocycles. The smallest absolute Gasteiger partial charge is 0.268 e. The fourth-order valence-corrected chi connectivity index (χ4v) is 5.28. The molecule has 0 saturated heterocycles. The first kappa shape index (κ1) is 20.0. The van der Waals surface area contributed by atoms with Gasteiger partial charge in [0.25, 0.3) is 11.8 Å². The number of nitrogens with zero attached hydrogens (tertiary/aromatic N) is 1. The molecule has 2 heterocycles. The van der Waals surface area contributed by atoms with Crippen molar-refractivity contribution >= 4 is 28.8 Å². The van der Waals surface area contributed by atoms with Gasteiger partial charge < -0.3 is 10.1 Å². The van der Waals surface area contributed by atoms with E-state index in [2.05, 4.69) is 25.2 Å². The summed E-state index contributed by atoms with van der Waals surface area (Å²) in [6, 6.07) is 9.65. The van der Waals surface area contributed by atoms with Crippen LogP contribution in [0.3, 0.4) is 0 Å². The van der Waals surface area contributed by atoms with Crippen molar-refractivity contribution in [1.29, 1.82) is 0 Å². The van der Waals surface area contributed by atoms with Crippen LogP contribution in [0.5, 0.6) is 5.75 Å². The van der Waals surface area contributed by atoms with E-state index in [9.17, 15) is 9.59 Å². The van der Waals surface area contributed by atoms with Gasteiger partial charge in [0.15, 0.2) is 6.10 Å². The van der Waals surface area contributed by atoms with E-state index in [0.29, 0.717) is 5.75 Å². The summed E-state index contributed by atoms with van der Waals surface area (Å²) < 4.78 is 5.98. The zero-order valence-electron chi connectivity index (χ0n) is 17.1. The van der Waals surface area contributed by atoms with Crippen LogP contribution < -0.4 is 15.0 Å². The van der Waals surface area contributed by atoms with Crippen LogP contribution in [0.15, 0.2) is 30.3 Å². The number of thiophene rings is 1. The van der Waals surface area contributed by atoms with Gasteiger partial charge in [-0.3, -0.25) is 14.5 Å². The van der Waals surface area contributed by atoms with Crippen LogP contribution in [0.1, 0.15) is 59.6 Å². The van der Waals surface area contributed by atoms with Crippen molar-refractivity contribution < 1.29 is 14.3 Å². The average molecular weight is 413 g/mol. The molecule has 4 rings (SSSR count). The van der Waals surface area contributed by atoms with Crippen molar-refractivity contribution in [2.45, 2.75) is 64.5 Å². The van der Waals surface area contributed by atoms with Crippen molar-refractivity contribution in [3.63, 3.8) is 0 Å². The maximum atomic E-state index is 13.4. The lowest BCUT2D eigenvalue weighted by Gasteiger charge is -2.34. The molecule has 0 spiro atoms. The molecular formula is C23H28N2O3S. The highest BCUT2D eigenvalue weighted by Gasteiger charge is 2.35. The van der Waals surface area contributed by atoms with Crippen molar-refractivity contribution in [1.82, 2.24) is 5.32 Å². The average Bonchev–Trinajstić information content (AvgIpc) is 3.20. The Kier molecular flexibility index (Phi) is 5.90. The summed E-state index contributed by atoms with van der Waals surface area (Å²) in [6.07, 6.45) is 5.54.